The first-order valence-electron chi connectivity index (χ1n) is 7.57. The van der Waals surface area contributed by atoms with Gasteiger partial charge in [0, 0.05) is 18.0 Å². The number of nitrogens with zero attached hydrogens (tertiary/aromatic N) is 1. The van der Waals surface area contributed by atoms with Crippen LogP contribution in [0.1, 0.15) is 41.6 Å². The van der Waals surface area contributed by atoms with Crippen LogP contribution in [0.3, 0.4) is 0 Å². The lowest BCUT2D eigenvalue weighted by molar-refractivity contribution is -0.129. The van der Waals surface area contributed by atoms with Gasteiger partial charge in [-0.2, -0.15) is 0 Å². The average molecular weight is 285 g/mol. The summed E-state index contributed by atoms with van der Waals surface area (Å²) in [6, 6.07) is 7.33. The molecule has 1 aromatic carbocycles. The Hall–Kier alpha value is -1.97. The molecule has 0 spiro atoms. The molecular formula is C17H19NO3. The minimum absolute atomic E-state index is 0.101. The number of imide groups is 1. The lowest BCUT2D eigenvalue weighted by atomic mass is 9.82. The van der Waals surface area contributed by atoms with Gasteiger partial charge in [-0.05, 0) is 43.2 Å². The number of amides is 2. The Morgan fingerprint density at radius 1 is 1.10 bits per heavy atom. The number of carbonyl (C=O) groups is 3. The van der Waals surface area contributed by atoms with Crippen molar-refractivity contribution in [2.24, 2.45) is 11.8 Å². The number of hydrogen-bond donors (Lipinski definition) is 0. The molecule has 110 valence electrons. The van der Waals surface area contributed by atoms with E-state index in [1.54, 1.807) is 6.07 Å². The fourth-order valence-corrected chi connectivity index (χ4v) is 3.35. The quantitative estimate of drug-likeness (QED) is 0.632. The highest BCUT2D eigenvalue weighted by Gasteiger charge is 2.33. The van der Waals surface area contributed by atoms with Crippen molar-refractivity contribution in [3.05, 3.63) is 35.4 Å². The molecule has 1 aliphatic carbocycles. The van der Waals surface area contributed by atoms with Crippen LogP contribution < -0.4 is 0 Å². The maximum absolute atomic E-state index is 12.5. The maximum atomic E-state index is 12.5. The summed E-state index contributed by atoms with van der Waals surface area (Å²) in [6.07, 6.45) is 4.93. The zero-order valence-electron chi connectivity index (χ0n) is 12.0. The van der Waals surface area contributed by atoms with Crippen molar-refractivity contribution >= 4 is 18.1 Å². The summed E-state index contributed by atoms with van der Waals surface area (Å²) in [4.78, 5) is 36.9. The molecule has 0 atom stereocenters. The minimum Gasteiger partial charge on any atom is -0.303 e. The third-order valence-corrected chi connectivity index (χ3v) is 4.66. The number of rotatable bonds is 3. The van der Waals surface area contributed by atoms with E-state index < -0.39 is 0 Å². The van der Waals surface area contributed by atoms with Gasteiger partial charge in [0.2, 0.25) is 5.91 Å². The lowest BCUT2D eigenvalue weighted by Crippen LogP contribution is -2.45. The molecule has 0 N–H and O–H groups in total. The molecule has 0 aromatic heterocycles. The predicted octanol–water partition coefficient (Wildman–Crippen LogP) is 2.22. The Labute approximate surface area is 124 Å². The predicted molar refractivity (Wildman–Crippen MR) is 77.7 cm³/mol. The SMILES string of the molecule is O=CC1CCC(CN2C(=O)Cc3ccccc3C2=O)CC1. The Bertz CT molecular complexity index is 573. The van der Waals surface area contributed by atoms with E-state index in [-0.39, 0.29) is 17.7 Å². The van der Waals surface area contributed by atoms with Gasteiger partial charge in [0.05, 0.1) is 6.42 Å². The number of aldehydes is 1. The van der Waals surface area contributed by atoms with Crippen LogP contribution in [0.4, 0.5) is 0 Å². The van der Waals surface area contributed by atoms with Crippen LogP contribution in [0.2, 0.25) is 0 Å². The molecule has 4 heteroatoms. The standard InChI is InChI=1S/C17H19NO3/c19-11-13-7-5-12(6-8-13)10-18-16(20)9-14-3-1-2-4-15(14)17(18)21/h1-4,11-13H,5-10H2. The molecule has 1 aromatic rings. The van der Waals surface area contributed by atoms with Crippen LogP contribution in [0.25, 0.3) is 0 Å². The highest BCUT2D eigenvalue weighted by Crippen LogP contribution is 2.29. The first-order chi connectivity index (χ1) is 10.2. The van der Waals surface area contributed by atoms with E-state index in [4.69, 9.17) is 0 Å². The highest BCUT2D eigenvalue weighted by molar-refractivity contribution is 6.09. The van der Waals surface area contributed by atoms with E-state index in [2.05, 4.69) is 0 Å². The summed E-state index contributed by atoms with van der Waals surface area (Å²) in [5, 5.41) is 0. The minimum atomic E-state index is -0.167. The third-order valence-electron chi connectivity index (χ3n) is 4.66. The van der Waals surface area contributed by atoms with Crippen molar-refractivity contribution in [1.82, 2.24) is 4.90 Å². The molecule has 1 aliphatic heterocycles. The summed E-state index contributed by atoms with van der Waals surface area (Å²) in [7, 11) is 0. The van der Waals surface area contributed by atoms with Crippen molar-refractivity contribution < 1.29 is 14.4 Å². The molecule has 1 fully saturated rings. The average Bonchev–Trinajstić information content (AvgIpc) is 2.52. The van der Waals surface area contributed by atoms with Gasteiger partial charge in [-0.3, -0.25) is 14.5 Å². The molecule has 21 heavy (non-hydrogen) atoms. The monoisotopic (exact) mass is 285 g/mol. The van der Waals surface area contributed by atoms with E-state index in [9.17, 15) is 14.4 Å². The zero-order chi connectivity index (χ0) is 14.8. The maximum Gasteiger partial charge on any atom is 0.260 e. The molecule has 2 amide bonds. The van der Waals surface area contributed by atoms with Crippen molar-refractivity contribution in [3.8, 4) is 0 Å². The number of hydrogen-bond acceptors (Lipinski definition) is 3. The largest absolute Gasteiger partial charge is 0.303 e. The Morgan fingerprint density at radius 2 is 1.81 bits per heavy atom. The molecule has 1 saturated carbocycles. The van der Waals surface area contributed by atoms with Gasteiger partial charge >= 0.3 is 0 Å². The molecule has 2 aliphatic rings. The van der Waals surface area contributed by atoms with Crippen LogP contribution in [0.5, 0.6) is 0 Å². The highest BCUT2D eigenvalue weighted by atomic mass is 16.2. The molecule has 4 nitrogen and oxygen atoms in total. The second-order valence-corrected chi connectivity index (χ2v) is 6.06. The second-order valence-electron chi connectivity index (χ2n) is 6.06. The van der Waals surface area contributed by atoms with Crippen molar-refractivity contribution in [1.29, 1.82) is 0 Å². The second kappa shape index (κ2) is 5.80. The van der Waals surface area contributed by atoms with Gasteiger partial charge < -0.3 is 4.79 Å². The van der Waals surface area contributed by atoms with Crippen LogP contribution in [-0.4, -0.2) is 29.5 Å². The van der Waals surface area contributed by atoms with Gasteiger partial charge in [-0.1, -0.05) is 18.2 Å². The zero-order valence-corrected chi connectivity index (χ0v) is 12.0. The van der Waals surface area contributed by atoms with Crippen molar-refractivity contribution in [2.45, 2.75) is 32.1 Å². The molecule has 0 unspecified atom stereocenters. The topological polar surface area (TPSA) is 54.5 Å². The fourth-order valence-electron chi connectivity index (χ4n) is 3.35. The van der Waals surface area contributed by atoms with Crippen LogP contribution >= 0.6 is 0 Å². The van der Waals surface area contributed by atoms with Gasteiger partial charge in [-0.25, -0.2) is 0 Å². The normalized spacial score (nSPS) is 25.6. The molecule has 3 rings (SSSR count). The number of fused-ring (bicyclic) bond motifs is 1. The fraction of sp³-hybridized carbons (Fsp3) is 0.471. The molecule has 0 bridgehead atoms. The summed E-state index contributed by atoms with van der Waals surface area (Å²) in [5.41, 5.74) is 1.48. The van der Waals surface area contributed by atoms with E-state index in [0.29, 0.717) is 24.4 Å². The Morgan fingerprint density at radius 3 is 2.52 bits per heavy atom. The van der Waals surface area contributed by atoms with Crippen molar-refractivity contribution in [3.63, 3.8) is 0 Å². The summed E-state index contributed by atoms with van der Waals surface area (Å²) in [6.45, 7) is 0.498. The van der Waals surface area contributed by atoms with E-state index in [1.807, 2.05) is 18.2 Å². The van der Waals surface area contributed by atoms with Gasteiger partial charge in [0.1, 0.15) is 6.29 Å². The Kier molecular flexibility index (Phi) is 3.86. The van der Waals surface area contributed by atoms with E-state index >= 15 is 0 Å². The van der Waals surface area contributed by atoms with Gasteiger partial charge in [0.25, 0.3) is 5.91 Å². The van der Waals surface area contributed by atoms with Crippen LogP contribution in [0, 0.1) is 11.8 Å². The molecule has 0 saturated heterocycles. The van der Waals surface area contributed by atoms with Crippen LogP contribution in [-0.2, 0) is 16.0 Å². The smallest absolute Gasteiger partial charge is 0.260 e. The first-order valence-corrected chi connectivity index (χ1v) is 7.57. The molecule has 1 heterocycles. The number of carbonyl (C=O) groups excluding carboxylic acids is 3. The lowest BCUT2D eigenvalue weighted by Gasteiger charge is -2.32. The van der Waals surface area contributed by atoms with Crippen molar-refractivity contribution in [2.75, 3.05) is 6.54 Å². The van der Waals surface area contributed by atoms with E-state index in [1.165, 1.54) is 4.90 Å². The molecule has 0 radical (unpaired) electrons. The van der Waals surface area contributed by atoms with Crippen LogP contribution in [0.15, 0.2) is 24.3 Å². The summed E-state index contributed by atoms with van der Waals surface area (Å²) >= 11 is 0. The van der Waals surface area contributed by atoms with Gasteiger partial charge in [0.15, 0.2) is 0 Å². The number of benzene rings is 1. The first kappa shape index (κ1) is 14.0. The summed E-state index contributed by atoms with van der Waals surface area (Å²) < 4.78 is 0. The molecular weight excluding hydrogens is 266 g/mol. The summed E-state index contributed by atoms with van der Waals surface area (Å²) in [5.74, 6) is 0.227. The Balaban J connectivity index is 1.70. The van der Waals surface area contributed by atoms with Gasteiger partial charge in [-0.15, -0.1) is 0 Å². The van der Waals surface area contributed by atoms with E-state index in [0.717, 1.165) is 37.5 Å². The third kappa shape index (κ3) is 2.75.